The molecule has 1 aliphatic rings. The summed E-state index contributed by atoms with van der Waals surface area (Å²) in [5.41, 5.74) is 18.2. The molecule has 2 heterocycles. The summed E-state index contributed by atoms with van der Waals surface area (Å²) >= 11 is 1.29. The van der Waals surface area contributed by atoms with Crippen molar-refractivity contribution in [3.05, 3.63) is 39.8 Å². The van der Waals surface area contributed by atoms with Crippen LogP contribution in [-0.4, -0.2) is 18.0 Å². The van der Waals surface area contributed by atoms with E-state index in [0.717, 1.165) is 46.5 Å². The number of fused-ring (bicyclic) bond motifs is 4. The fraction of sp³-hybridized carbons (Fsp3) is 0.333. The fourth-order valence-electron chi connectivity index (χ4n) is 3.97. The van der Waals surface area contributed by atoms with Gasteiger partial charge in [-0.05, 0) is 60.1 Å². The molecule has 1 amide bonds. The maximum atomic E-state index is 11.8. The first-order valence-electron chi connectivity index (χ1n) is 9.11. The summed E-state index contributed by atoms with van der Waals surface area (Å²) in [5.74, 6) is 0.833. The predicted molar refractivity (Wildman–Crippen MR) is 110 cm³/mol. The lowest BCUT2D eigenvalue weighted by molar-refractivity contribution is 0.100. The molecule has 4 rings (SSSR count). The third-order valence-corrected chi connectivity index (χ3v) is 6.25. The topological polar surface area (TPSA) is 91.2 Å². The van der Waals surface area contributed by atoms with Crippen LogP contribution >= 0.6 is 11.3 Å². The number of aryl methyl sites for hydroxylation is 1. The molecule has 2 aromatic heterocycles. The number of hydrogen-bond acceptors (Lipinski definition) is 5. The number of methoxy groups -OCH3 is 1. The second-order valence-electron chi connectivity index (χ2n) is 7.43. The Kier molecular flexibility index (Phi) is 4.30. The molecular weight excluding hydrogens is 358 g/mol. The molecule has 0 atom stereocenters. The van der Waals surface area contributed by atoms with Gasteiger partial charge in [0, 0.05) is 10.9 Å². The summed E-state index contributed by atoms with van der Waals surface area (Å²) in [5, 5.41) is 0.915. The maximum absolute atomic E-state index is 11.8. The number of nitrogens with zero attached hydrogens (tertiary/aromatic N) is 1. The number of nitrogen functional groups attached to an aromatic ring is 1. The number of anilines is 1. The second-order valence-corrected chi connectivity index (χ2v) is 8.43. The Morgan fingerprint density at radius 2 is 2.11 bits per heavy atom. The standard InChI is InChI=1S/C21H23N3O2S/c1-10(2)8-15-14-6-4-11-9-12(26-3)5-7-13(11)18(14)24-21-16(15)17(22)19(27-21)20(23)25/h5,7,9-10H,4,6,8,22H2,1-3H3,(H2,23,25). The van der Waals surface area contributed by atoms with E-state index < -0.39 is 5.91 Å². The van der Waals surface area contributed by atoms with Crippen LogP contribution in [0.3, 0.4) is 0 Å². The maximum Gasteiger partial charge on any atom is 0.260 e. The quantitative estimate of drug-likeness (QED) is 0.716. The summed E-state index contributed by atoms with van der Waals surface area (Å²) in [6.07, 6.45) is 2.73. The van der Waals surface area contributed by atoms with Gasteiger partial charge in [0.2, 0.25) is 0 Å². The highest BCUT2D eigenvalue weighted by Crippen LogP contribution is 2.43. The number of pyridine rings is 1. The van der Waals surface area contributed by atoms with Gasteiger partial charge >= 0.3 is 0 Å². The minimum absolute atomic E-state index is 0.403. The number of ether oxygens (including phenoxy) is 1. The number of aromatic nitrogens is 1. The number of thiophene rings is 1. The monoisotopic (exact) mass is 381 g/mol. The SMILES string of the molecule is COc1ccc2c(c1)CCc1c-2nc2sc(C(N)=O)c(N)c2c1CC(C)C. The first kappa shape index (κ1) is 17.8. The van der Waals surface area contributed by atoms with E-state index in [1.54, 1.807) is 7.11 Å². The van der Waals surface area contributed by atoms with Gasteiger partial charge in [0.15, 0.2) is 0 Å². The largest absolute Gasteiger partial charge is 0.497 e. The molecule has 1 aliphatic carbocycles. The van der Waals surface area contributed by atoms with Crippen molar-refractivity contribution in [3.63, 3.8) is 0 Å². The average molecular weight is 382 g/mol. The van der Waals surface area contributed by atoms with Gasteiger partial charge in [0.05, 0.1) is 18.5 Å². The van der Waals surface area contributed by atoms with Crippen molar-refractivity contribution in [2.45, 2.75) is 33.1 Å². The van der Waals surface area contributed by atoms with Gasteiger partial charge in [0.25, 0.3) is 5.91 Å². The van der Waals surface area contributed by atoms with Crippen LogP contribution in [0.5, 0.6) is 5.75 Å². The number of hydrogen-bond donors (Lipinski definition) is 2. The van der Waals surface area contributed by atoms with Crippen molar-refractivity contribution in [2.24, 2.45) is 11.7 Å². The fourth-order valence-corrected chi connectivity index (χ4v) is 4.95. The van der Waals surface area contributed by atoms with E-state index in [1.165, 1.54) is 28.0 Å². The Hall–Kier alpha value is -2.60. The molecule has 0 aliphatic heterocycles. The average Bonchev–Trinajstić information content (AvgIpc) is 2.97. The van der Waals surface area contributed by atoms with Crippen LogP contribution in [-0.2, 0) is 19.3 Å². The third kappa shape index (κ3) is 2.84. The van der Waals surface area contributed by atoms with Gasteiger partial charge in [-0.2, -0.15) is 0 Å². The van der Waals surface area contributed by atoms with Crippen molar-refractivity contribution in [1.29, 1.82) is 0 Å². The van der Waals surface area contributed by atoms with Crippen LogP contribution in [0.1, 0.15) is 40.2 Å². The first-order chi connectivity index (χ1) is 12.9. The lowest BCUT2D eigenvalue weighted by Gasteiger charge is -2.24. The highest BCUT2D eigenvalue weighted by molar-refractivity contribution is 7.21. The van der Waals surface area contributed by atoms with Crippen LogP contribution in [0.15, 0.2) is 18.2 Å². The van der Waals surface area contributed by atoms with Crippen LogP contribution in [0.4, 0.5) is 5.69 Å². The summed E-state index contributed by atoms with van der Waals surface area (Å²) < 4.78 is 5.37. The van der Waals surface area contributed by atoms with Crippen LogP contribution in [0, 0.1) is 5.92 Å². The van der Waals surface area contributed by atoms with E-state index >= 15 is 0 Å². The van der Waals surface area contributed by atoms with E-state index in [9.17, 15) is 4.79 Å². The van der Waals surface area contributed by atoms with Crippen molar-refractivity contribution in [3.8, 4) is 17.0 Å². The smallest absolute Gasteiger partial charge is 0.260 e. The molecule has 27 heavy (non-hydrogen) atoms. The van der Waals surface area contributed by atoms with Gasteiger partial charge in [-0.1, -0.05) is 13.8 Å². The third-order valence-electron chi connectivity index (χ3n) is 5.14. The highest BCUT2D eigenvalue weighted by Gasteiger charge is 2.27. The second kappa shape index (κ2) is 6.53. The van der Waals surface area contributed by atoms with Gasteiger partial charge in [0.1, 0.15) is 15.5 Å². The zero-order valence-corrected chi connectivity index (χ0v) is 16.6. The lowest BCUT2D eigenvalue weighted by atomic mass is 9.83. The normalized spacial score (nSPS) is 12.9. The van der Waals surface area contributed by atoms with Crippen LogP contribution in [0.25, 0.3) is 21.5 Å². The highest BCUT2D eigenvalue weighted by atomic mass is 32.1. The van der Waals surface area contributed by atoms with Gasteiger partial charge < -0.3 is 16.2 Å². The lowest BCUT2D eigenvalue weighted by Crippen LogP contribution is -2.12. The predicted octanol–water partition coefficient (Wildman–Crippen LogP) is 3.95. The molecule has 0 fully saturated rings. The van der Waals surface area contributed by atoms with E-state index in [4.69, 9.17) is 21.2 Å². The molecule has 0 saturated heterocycles. The van der Waals surface area contributed by atoms with E-state index in [0.29, 0.717) is 16.5 Å². The van der Waals surface area contributed by atoms with Gasteiger partial charge in [-0.15, -0.1) is 11.3 Å². The summed E-state index contributed by atoms with van der Waals surface area (Å²) in [7, 11) is 1.68. The van der Waals surface area contributed by atoms with Gasteiger partial charge in [-0.25, -0.2) is 4.98 Å². The minimum Gasteiger partial charge on any atom is -0.497 e. The van der Waals surface area contributed by atoms with Gasteiger partial charge in [-0.3, -0.25) is 4.79 Å². The van der Waals surface area contributed by atoms with E-state index in [-0.39, 0.29) is 0 Å². The molecule has 1 aromatic carbocycles. The number of amides is 1. The zero-order chi connectivity index (χ0) is 19.3. The molecule has 6 heteroatoms. The van der Waals surface area contributed by atoms with E-state index in [2.05, 4.69) is 26.0 Å². The van der Waals surface area contributed by atoms with E-state index in [1.807, 2.05) is 6.07 Å². The molecule has 0 radical (unpaired) electrons. The Labute approximate surface area is 162 Å². The minimum atomic E-state index is -0.492. The molecule has 0 saturated carbocycles. The van der Waals surface area contributed by atoms with Crippen LogP contribution < -0.4 is 16.2 Å². The first-order valence-corrected chi connectivity index (χ1v) is 9.93. The number of primary amides is 1. The molecular formula is C21H23N3O2S. The molecule has 0 spiro atoms. The van der Waals surface area contributed by atoms with Crippen molar-refractivity contribution < 1.29 is 9.53 Å². The number of carbonyl (C=O) groups excluding carboxylic acids is 1. The Morgan fingerprint density at radius 3 is 2.78 bits per heavy atom. The van der Waals surface area contributed by atoms with Crippen molar-refractivity contribution >= 4 is 33.1 Å². The molecule has 3 aromatic rings. The van der Waals surface area contributed by atoms with Crippen LogP contribution in [0.2, 0.25) is 0 Å². The summed E-state index contributed by atoms with van der Waals surface area (Å²) in [4.78, 5) is 18.0. The number of benzene rings is 1. The summed E-state index contributed by atoms with van der Waals surface area (Å²) in [6.45, 7) is 4.38. The number of nitrogens with two attached hydrogens (primary N) is 2. The number of carbonyl (C=O) groups is 1. The summed E-state index contributed by atoms with van der Waals surface area (Å²) in [6, 6.07) is 6.14. The molecule has 0 bridgehead atoms. The molecule has 140 valence electrons. The van der Waals surface area contributed by atoms with Crippen molar-refractivity contribution in [1.82, 2.24) is 4.98 Å². The molecule has 0 unspecified atom stereocenters. The Balaban J connectivity index is 2.03. The molecule has 4 N–H and O–H groups in total. The Morgan fingerprint density at radius 1 is 1.33 bits per heavy atom. The number of rotatable bonds is 4. The Bertz CT molecular complexity index is 1070. The molecule has 5 nitrogen and oxygen atoms in total. The van der Waals surface area contributed by atoms with Crippen molar-refractivity contribution in [2.75, 3.05) is 12.8 Å². The zero-order valence-electron chi connectivity index (χ0n) is 15.8.